The Labute approximate surface area is 102 Å². The van der Waals surface area contributed by atoms with Crippen LogP contribution in [0.1, 0.15) is 17.4 Å². The van der Waals surface area contributed by atoms with Gasteiger partial charge in [-0.05, 0) is 41.4 Å². The first-order chi connectivity index (χ1) is 7.13. The molecular weight excluding hydrogens is 276 g/mol. The number of hydrogen-bond donors (Lipinski definition) is 2. The van der Waals surface area contributed by atoms with Crippen LogP contribution in [0.2, 0.25) is 0 Å². The van der Waals surface area contributed by atoms with Crippen molar-refractivity contribution in [1.29, 1.82) is 0 Å². The number of aryl methyl sites for hydroxylation is 1. The maximum Gasteiger partial charge on any atom is 0.233 e. The number of hydrogen-bond acceptors (Lipinski definition) is 3. The second kappa shape index (κ2) is 6.25. The second-order valence-electron chi connectivity index (χ2n) is 3.23. The zero-order valence-electron chi connectivity index (χ0n) is 8.89. The van der Waals surface area contributed by atoms with E-state index < -0.39 is 0 Å². The van der Waals surface area contributed by atoms with Gasteiger partial charge in [-0.1, -0.05) is 0 Å². The maximum absolute atomic E-state index is 11.1. The number of likely N-dealkylation sites (N-methyl/N-ethyl adjacent to an activating group) is 1. The lowest BCUT2D eigenvalue weighted by atomic mass is 10.3. The van der Waals surface area contributed by atoms with Gasteiger partial charge in [0, 0.05) is 18.0 Å². The Balaban J connectivity index is 2.28. The minimum Gasteiger partial charge on any atom is -0.355 e. The van der Waals surface area contributed by atoms with E-state index in [0.29, 0.717) is 13.1 Å². The van der Waals surface area contributed by atoms with Gasteiger partial charge in [0.1, 0.15) is 0 Å². The summed E-state index contributed by atoms with van der Waals surface area (Å²) in [4.78, 5) is 12.4. The lowest BCUT2D eigenvalue weighted by Gasteiger charge is -2.02. The minimum absolute atomic E-state index is 0.0462. The van der Waals surface area contributed by atoms with Gasteiger partial charge in [-0.3, -0.25) is 4.79 Å². The van der Waals surface area contributed by atoms with Gasteiger partial charge < -0.3 is 10.6 Å². The molecule has 0 atom stereocenters. The van der Waals surface area contributed by atoms with Crippen molar-refractivity contribution in [3.05, 3.63) is 20.3 Å². The van der Waals surface area contributed by atoms with Gasteiger partial charge >= 0.3 is 0 Å². The fraction of sp³-hybridized carbons (Fsp3) is 0.500. The molecule has 0 saturated carbocycles. The van der Waals surface area contributed by atoms with Gasteiger partial charge in [-0.15, -0.1) is 11.3 Å². The summed E-state index contributed by atoms with van der Waals surface area (Å²) in [5, 5.41) is 5.85. The first-order valence-corrected chi connectivity index (χ1v) is 6.46. The molecular formula is C10H15BrN2OS. The summed E-state index contributed by atoms with van der Waals surface area (Å²) in [7, 11) is 0. The molecule has 1 rings (SSSR count). The molecule has 2 N–H and O–H groups in total. The predicted octanol–water partition coefficient (Wildman–Crippen LogP) is 2.04. The Hall–Kier alpha value is -0.390. The highest BCUT2D eigenvalue weighted by atomic mass is 79.9. The Morgan fingerprint density at radius 2 is 2.33 bits per heavy atom. The Bertz CT molecular complexity index is 319. The maximum atomic E-state index is 11.1. The van der Waals surface area contributed by atoms with E-state index in [1.165, 1.54) is 10.4 Å². The highest BCUT2D eigenvalue weighted by Gasteiger charge is 2.03. The van der Waals surface area contributed by atoms with Crippen LogP contribution >= 0.6 is 27.3 Å². The van der Waals surface area contributed by atoms with Crippen molar-refractivity contribution in [3.63, 3.8) is 0 Å². The molecule has 1 amide bonds. The number of carbonyl (C=O) groups is 1. The summed E-state index contributed by atoms with van der Waals surface area (Å²) < 4.78 is 1.16. The van der Waals surface area contributed by atoms with Crippen LogP contribution in [0.4, 0.5) is 0 Å². The van der Waals surface area contributed by atoms with Crippen molar-refractivity contribution >= 4 is 33.2 Å². The number of rotatable bonds is 5. The summed E-state index contributed by atoms with van der Waals surface area (Å²) in [5.41, 5.74) is 1.25. The number of halogens is 1. The second-order valence-corrected chi connectivity index (χ2v) is 5.68. The summed E-state index contributed by atoms with van der Waals surface area (Å²) in [6.07, 6.45) is 0. The van der Waals surface area contributed by atoms with Crippen LogP contribution in [-0.4, -0.2) is 19.0 Å². The van der Waals surface area contributed by atoms with Crippen molar-refractivity contribution in [2.45, 2.75) is 20.4 Å². The van der Waals surface area contributed by atoms with E-state index in [1.54, 1.807) is 11.3 Å². The van der Waals surface area contributed by atoms with Gasteiger partial charge in [-0.25, -0.2) is 0 Å². The van der Waals surface area contributed by atoms with Crippen molar-refractivity contribution < 1.29 is 4.79 Å². The van der Waals surface area contributed by atoms with Gasteiger partial charge in [0.05, 0.1) is 10.3 Å². The zero-order chi connectivity index (χ0) is 11.3. The summed E-state index contributed by atoms with van der Waals surface area (Å²) in [6.45, 7) is 5.78. The molecule has 0 fully saturated rings. The van der Waals surface area contributed by atoms with E-state index in [1.807, 2.05) is 6.92 Å². The Morgan fingerprint density at radius 1 is 1.60 bits per heavy atom. The van der Waals surface area contributed by atoms with Crippen molar-refractivity contribution in [1.82, 2.24) is 10.6 Å². The third-order valence-electron chi connectivity index (χ3n) is 1.87. The highest BCUT2D eigenvalue weighted by Crippen LogP contribution is 2.26. The molecule has 84 valence electrons. The quantitative estimate of drug-likeness (QED) is 0.871. The lowest BCUT2D eigenvalue weighted by molar-refractivity contribution is -0.120. The molecule has 1 heterocycles. The molecule has 0 aliphatic heterocycles. The number of thiophene rings is 1. The fourth-order valence-electron chi connectivity index (χ4n) is 1.17. The Morgan fingerprint density at radius 3 is 2.87 bits per heavy atom. The molecule has 15 heavy (non-hydrogen) atoms. The first-order valence-electron chi connectivity index (χ1n) is 4.85. The van der Waals surface area contributed by atoms with E-state index in [9.17, 15) is 4.79 Å². The van der Waals surface area contributed by atoms with Crippen LogP contribution < -0.4 is 10.6 Å². The van der Waals surface area contributed by atoms with Crippen LogP contribution in [-0.2, 0) is 11.3 Å². The van der Waals surface area contributed by atoms with Crippen LogP contribution in [0.25, 0.3) is 0 Å². The third kappa shape index (κ3) is 4.32. The molecule has 0 aliphatic rings. The lowest BCUT2D eigenvalue weighted by Crippen LogP contribution is -2.33. The molecule has 1 aromatic rings. The summed E-state index contributed by atoms with van der Waals surface area (Å²) >= 11 is 5.18. The van der Waals surface area contributed by atoms with Crippen LogP contribution in [0.15, 0.2) is 9.85 Å². The van der Waals surface area contributed by atoms with Gasteiger partial charge in [-0.2, -0.15) is 0 Å². The van der Waals surface area contributed by atoms with Gasteiger partial charge in [0.2, 0.25) is 5.91 Å². The van der Waals surface area contributed by atoms with Crippen LogP contribution in [0.3, 0.4) is 0 Å². The third-order valence-corrected chi connectivity index (χ3v) is 4.00. The minimum atomic E-state index is 0.0462. The van der Waals surface area contributed by atoms with Crippen molar-refractivity contribution in [2.24, 2.45) is 0 Å². The van der Waals surface area contributed by atoms with E-state index in [0.717, 1.165) is 10.3 Å². The molecule has 0 aromatic carbocycles. The molecule has 0 unspecified atom stereocenters. The topological polar surface area (TPSA) is 41.1 Å². The molecule has 0 saturated heterocycles. The molecule has 0 radical (unpaired) electrons. The smallest absolute Gasteiger partial charge is 0.233 e. The fourth-order valence-corrected chi connectivity index (χ4v) is 2.77. The van der Waals surface area contributed by atoms with E-state index in [4.69, 9.17) is 0 Å². The molecule has 0 bridgehead atoms. The molecule has 5 heteroatoms. The van der Waals surface area contributed by atoms with E-state index in [2.05, 4.69) is 39.6 Å². The molecule has 0 aliphatic carbocycles. The van der Waals surface area contributed by atoms with Gasteiger partial charge in [0.15, 0.2) is 0 Å². The van der Waals surface area contributed by atoms with E-state index in [-0.39, 0.29) is 5.91 Å². The molecule has 0 spiro atoms. The van der Waals surface area contributed by atoms with Crippen molar-refractivity contribution in [2.75, 3.05) is 13.1 Å². The largest absolute Gasteiger partial charge is 0.355 e. The van der Waals surface area contributed by atoms with Crippen molar-refractivity contribution in [3.8, 4) is 0 Å². The van der Waals surface area contributed by atoms with E-state index >= 15 is 0 Å². The number of amides is 1. The highest BCUT2D eigenvalue weighted by molar-refractivity contribution is 9.11. The summed E-state index contributed by atoms with van der Waals surface area (Å²) in [6, 6.07) is 2.12. The average Bonchev–Trinajstić information content (AvgIpc) is 2.46. The van der Waals surface area contributed by atoms with Crippen LogP contribution in [0.5, 0.6) is 0 Å². The monoisotopic (exact) mass is 290 g/mol. The molecule has 1 aromatic heterocycles. The Kier molecular flexibility index (Phi) is 5.28. The molecule has 3 nitrogen and oxygen atoms in total. The van der Waals surface area contributed by atoms with Crippen LogP contribution in [0, 0.1) is 6.92 Å². The number of carbonyl (C=O) groups excluding carboxylic acids is 1. The predicted molar refractivity (Wildman–Crippen MR) is 67.1 cm³/mol. The van der Waals surface area contributed by atoms with Gasteiger partial charge in [0.25, 0.3) is 0 Å². The first kappa shape index (κ1) is 12.7. The normalized spacial score (nSPS) is 10.3. The summed E-state index contributed by atoms with van der Waals surface area (Å²) in [5.74, 6) is 0.0462. The zero-order valence-corrected chi connectivity index (χ0v) is 11.3. The number of nitrogens with one attached hydrogen (secondary N) is 2. The standard InChI is InChI=1S/C10H15BrN2OS/c1-3-13-9(14)6-12-5-8-4-7(2)10(11)15-8/h4,12H,3,5-6H2,1-2H3,(H,13,14). The SMILES string of the molecule is CCNC(=O)CNCc1cc(C)c(Br)s1. The average molecular weight is 291 g/mol.